The van der Waals surface area contributed by atoms with Crippen LogP contribution < -0.4 is 11.1 Å². The molecule has 0 aliphatic carbocycles. The zero-order valence-corrected chi connectivity index (χ0v) is 11.1. The predicted octanol–water partition coefficient (Wildman–Crippen LogP) is 1.68. The minimum Gasteiger partial charge on any atom is -0.364 e. The van der Waals surface area contributed by atoms with Crippen LogP contribution in [0.2, 0.25) is 0 Å². The van der Waals surface area contributed by atoms with Gasteiger partial charge in [0.1, 0.15) is 11.9 Å². The SMILES string of the molecule is NC[C@H]1CC[C@@H](C(=O)Nc2ccc3ccccc3n2)O1. The average molecular weight is 271 g/mol. The molecule has 2 heterocycles. The second kappa shape index (κ2) is 5.56. The van der Waals surface area contributed by atoms with Crippen LogP contribution in [0.4, 0.5) is 5.82 Å². The quantitative estimate of drug-likeness (QED) is 0.890. The van der Waals surface area contributed by atoms with Crippen molar-refractivity contribution in [1.29, 1.82) is 0 Å². The van der Waals surface area contributed by atoms with E-state index < -0.39 is 6.10 Å². The first-order valence-corrected chi connectivity index (χ1v) is 6.78. The molecule has 3 rings (SSSR count). The zero-order valence-electron chi connectivity index (χ0n) is 11.1. The summed E-state index contributed by atoms with van der Waals surface area (Å²) in [5, 5.41) is 3.85. The van der Waals surface area contributed by atoms with Crippen LogP contribution in [-0.2, 0) is 9.53 Å². The molecule has 3 N–H and O–H groups in total. The molecule has 1 amide bonds. The summed E-state index contributed by atoms with van der Waals surface area (Å²) in [6.45, 7) is 0.456. The zero-order chi connectivity index (χ0) is 13.9. The third kappa shape index (κ3) is 2.64. The number of para-hydroxylation sites is 1. The fraction of sp³-hybridized carbons (Fsp3) is 0.333. The van der Waals surface area contributed by atoms with E-state index >= 15 is 0 Å². The van der Waals surface area contributed by atoms with Crippen molar-refractivity contribution in [3.05, 3.63) is 36.4 Å². The van der Waals surface area contributed by atoms with E-state index in [1.54, 1.807) is 6.07 Å². The van der Waals surface area contributed by atoms with Gasteiger partial charge in [-0.1, -0.05) is 18.2 Å². The lowest BCUT2D eigenvalue weighted by Gasteiger charge is -2.12. The van der Waals surface area contributed by atoms with Crippen LogP contribution in [0, 0.1) is 0 Å². The number of nitrogens with zero attached hydrogens (tertiary/aromatic N) is 1. The Morgan fingerprint density at radius 1 is 1.30 bits per heavy atom. The Morgan fingerprint density at radius 2 is 2.15 bits per heavy atom. The van der Waals surface area contributed by atoms with Gasteiger partial charge in [0.15, 0.2) is 0 Å². The number of hydrogen-bond donors (Lipinski definition) is 2. The van der Waals surface area contributed by atoms with Gasteiger partial charge in [0.25, 0.3) is 5.91 Å². The summed E-state index contributed by atoms with van der Waals surface area (Å²) in [5.74, 6) is 0.400. The maximum atomic E-state index is 12.1. The molecule has 0 unspecified atom stereocenters. The lowest BCUT2D eigenvalue weighted by atomic mass is 10.2. The van der Waals surface area contributed by atoms with Gasteiger partial charge in [0, 0.05) is 11.9 Å². The van der Waals surface area contributed by atoms with Gasteiger partial charge >= 0.3 is 0 Å². The summed E-state index contributed by atoms with van der Waals surface area (Å²) < 4.78 is 5.57. The number of carbonyl (C=O) groups excluding carboxylic acids is 1. The second-order valence-corrected chi connectivity index (χ2v) is 4.94. The highest BCUT2D eigenvalue weighted by Crippen LogP contribution is 2.21. The highest BCUT2D eigenvalue weighted by atomic mass is 16.5. The second-order valence-electron chi connectivity index (χ2n) is 4.94. The molecule has 5 nitrogen and oxygen atoms in total. The van der Waals surface area contributed by atoms with Crippen molar-refractivity contribution in [3.8, 4) is 0 Å². The Balaban J connectivity index is 1.71. The Bertz CT molecular complexity index is 629. The molecule has 0 radical (unpaired) electrons. The number of ether oxygens (including phenoxy) is 1. The smallest absolute Gasteiger partial charge is 0.254 e. The van der Waals surface area contributed by atoms with Gasteiger partial charge in [-0.25, -0.2) is 4.98 Å². The first kappa shape index (κ1) is 13.0. The number of anilines is 1. The van der Waals surface area contributed by atoms with E-state index in [0.717, 1.165) is 17.3 Å². The van der Waals surface area contributed by atoms with Gasteiger partial charge < -0.3 is 15.8 Å². The van der Waals surface area contributed by atoms with Crippen molar-refractivity contribution < 1.29 is 9.53 Å². The summed E-state index contributed by atoms with van der Waals surface area (Å²) in [6, 6.07) is 11.5. The summed E-state index contributed by atoms with van der Waals surface area (Å²) >= 11 is 0. The van der Waals surface area contributed by atoms with Crippen LogP contribution in [0.3, 0.4) is 0 Å². The van der Waals surface area contributed by atoms with Crippen LogP contribution in [0.5, 0.6) is 0 Å². The molecule has 1 aromatic heterocycles. The summed E-state index contributed by atoms with van der Waals surface area (Å²) in [4.78, 5) is 16.5. The predicted molar refractivity (Wildman–Crippen MR) is 77.3 cm³/mol. The van der Waals surface area contributed by atoms with E-state index in [2.05, 4.69) is 10.3 Å². The van der Waals surface area contributed by atoms with Gasteiger partial charge in [-0.2, -0.15) is 0 Å². The van der Waals surface area contributed by atoms with E-state index in [4.69, 9.17) is 10.5 Å². The van der Waals surface area contributed by atoms with E-state index in [-0.39, 0.29) is 12.0 Å². The topological polar surface area (TPSA) is 77.2 Å². The summed E-state index contributed by atoms with van der Waals surface area (Å²) in [5.41, 5.74) is 6.40. The first-order chi connectivity index (χ1) is 9.76. The van der Waals surface area contributed by atoms with Gasteiger partial charge in [0.2, 0.25) is 0 Å². The first-order valence-electron chi connectivity index (χ1n) is 6.78. The number of fused-ring (bicyclic) bond motifs is 1. The van der Waals surface area contributed by atoms with E-state index in [1.807, 2.05) is 30.3 Å². The van der Waals surface area contributed by atoms with Crippen LogP contribution >= 0.6 is 0 Å². The Morgan fingerprint density at radius 3 is 2.95 bits per heavy atom. The summed E-state index contributed by atoms with van der Waals surface area (Å²) in [7, 11) is 0. The molecule has 2 atom stereocenters. The molecule has 1 saturated heterocycles. The molecule has 1 fully saturated rings. The molecule has 1 aliphatic rings. The maximum Gasteiger partial charge on any atom is 0.254 e. The van der Waals surface area contributed by atoms with Gasteiger partial charge in [-0.05, 0) is 31.0 Å². The third-order valence-corrected chi connectivity index (χ3v) is 3.51. The Hall–Kier alpha value is -1.98. The average Bonchev–Trinajstić information content (AvgIpc) is 2.96. The van der Waals surface area contributed by atoms with Crippen molar-refractivity contribution in [2.75, 3.05) is 11.9 Å². The molecule has 1 aromatic carbocycles. The third-order valence-electron chi connectivity index (χ3n) is 3.51. The lowest BCUT2D eigenvalue weighted by molar-refractivity contribution is -0.126. The van der Waals surface area contributed by atoms with Crippen LogP contribution in [0.25, 0.3) is 10.9 Å². The number of benzene rings is 1. The maximum absolute atomic E-state index is 12.1. The number of pyridine rings is 1. The summed E-state index contributed by atoms with van der Waals surface area (Å²) in [6.07, 6.45) is 1.12. The number of nitrogens with one attached hydrogen (secondary N) is 1. The van der Waals surface area contributed by atoms with Gasteiger partial charge in [-0.15, -0.1) is 0 Å². The van der Waals surface area contributed by atoms with E-state index in [9.17, 15) is 4.79 Å². The highest BCUT2D eigenvalue weighted by Gasteiger charge is 2.29. The van der Waals surface area contributed by atoms with Crippen LogP contribution in [-0.4, -0.2) is 29.6 Å². The highest BCUT2D eigenvalue weighted by molar-refractivity contribution is 5.94. The molecule has 20 heavy (non-hydrogen) atoms. The van der Waals surface area contributed by atoms with Crippen molar-refractivity contribution in [2.45, 2.75) is 25.0 Å². The fourth-order valence-electron chi connectivity index (χ4n) is 2.41. The standard InChI is InChI=1S/C15H17N3O2/c16-9-11-6-7-13(20-11)15(19)18-14-8-5-10-3-1-2-4-12(10)17-14/h1-5,8,11,13H,6-7,9,16H2,(H,17,18,19)/t11-,13+/m1/s1. The number of aromatic nitrogens is 1. The molecule has 1 aliphatic heterocycles. The minimum atomic E-state index is -0.420. The van der Waals surface area contributed by atoms with Crippen molar-refractivity contribution in [2.24, 2.45) is 5.73 Å². The molecule has 2 aromatic rings. The Kier molecular flexibility index (Phi) is 3.62. The number of hydrogen-bond acceptors (Lipinski definition) is 4. The van der Waals surface area contributed by atoms with Crippen LogP contribution in [0.15, 0.2) is 36.4 Å². The van der Waals surface area contributed by atoms with E-state index in [1.165, 1.54) is 0 Å². The van der Waals surface area contributed by atoms with Crippen LogP contribution in [0.1, 0.15) is 12.8 Å². The number of nitrogens with two attached hydrogens (primary N) is 1. The van der Waals surface area contributed by atoms with Crippen molar-refractivity contribution in [1.82, 2.24) is 4.98 Å². The van der Waals surface area contributed by atoms with Crippen molar-refractivity contribution >= 4 is 22.6 Å². The molecule has 0 saturated carbocycles. The van der Waals surface area contributed by atoms with E-state index in [0.29, 0.717) is 18.8 Å². The number of amides is 1. The molecular formula is C15H17N3O2. The molecule has 104 valence electrons. The number of rotatable bonds is 3. The minimum absolute atomic E-state index is 0.00434. The number of carbonyl (C=O) groups is 1. The van der Waals surface area contributed by atoms with Gasteiger partial charge in [-0.3, -0.25) is 4.79 Å². The molecule has 0 bridgehead atoms. The van der Waals surface area contributed by atoms with Gasteiger partial charge in [0.05, 0.1) is 11.6 Å². The normalized spacial score (nSPS) is 22.1. The Labute approximate surface area is 117 Å². The molecule has 5 heteroatoms. The monoisotopic (exact) mass is 271 g/mol. The lowest BCUT2D eigenvalue weighted by Crippen LogP contribution is -2.30. The largest absolute Gasteiger partial charge is 0.364 e. The molecular weight excluding hydrogens is 254 g/mol. The van der Waals surface area contributed by atoms with Crippen molar-refractivity contribution in [3.63, 3.8) is 0 Å². The molecule has 0 spiro atoms. The fourth-order valence-corrected chi connectivity index (χ4v) is 2.41.